The average Bonchev–Trinajstić information content (AvgIpc) is 3.17. The average molecular weight is 475 g/mol. The van der Waals surface area contributed by atoms with Gasteiger partial charge in [-0.1, -0.05) is 0 Å². The Balaban J connectivity index is 1.91. The number of aromatic nitrogens is 3. The monoisotopic (exact) mass is 475 g/mol. The minimum atomic E-state index is -1.60. The Morgan fingerprint density at radius 1 is 1.18 bits per heavy atom. The Bertz CT molecular complexity index is 1350. The molecule has 4 rings (SSSR count). The molecule has 0 saturated carbocycles. The fourth-order valence-corrected chi connectivity index (χ4v) is 4.13. The van der Waals surface area contributed by atoms with Crippen LogP contribution >= 0.6 is 0 Å². The summed E-state index contributed by atoms with van der Waals surface area (Å²) in [6.07, 6.45) is -0.615. The molecule has 34 heavy (non-hydrogen) atoms. The third-order valence-electron chi connectivity index (χ3n) is 5.34. The molecular weight excluding hydrogens is 454 g/mol. The number of ether oxygens (including phenoxy) is 4. The van der Waals surface area contributed by atoms with Gasteiger partial charge in [0.05, 0.1) is 17.2 Å². The van der Waals surface area contributed by atoms with Crippen LogP contribution in [-0.2, 0) is 33.3 Å². The molecule has 0 unspecified atom stereocenters. The summed E-state index contributed by atoms with van der Waals surface area (Å²) in [4.78, 5) is 69.9. The Hall–Kier alpha value is -4.07. The van der Waals surface area contributed by atoms with Crippen LogP contribution in [0.5, 0.6) is 0 Å². The first kappa shape index (κ1) is 23.1. The molecule has 14 nitrogen and oxygen atoms in total. The van der Waals surface area contributed by atoms with E-state index in [-0.39, 0.29) is 23.8 Å². The zero-order valence-corrected chi connectivity index (χ0v) is 18.6. The first-order valence-electron chi connectivity index (χ1n) is 10.1. The Morgan fingerprint density at radius 3 is 2.56 bits per heavy atom. The van der Waals surface area contributed by atoms with Gasteiger partial charge in [-0.15, -0.1) is 0 Å². The SMILES string of the molecule is CC(=O)OC[C@H]1O[C@@H](n2cc3[nH]c(=O)c(=O)nc4c3c2N=CN4)[C@](C)(OC(C)=O)[C@@H]1OC(C)=O. The van der Waals surface area contributed by atoms with Gasteiger partial charge >= 0.3 is 29.0 Å². The maximum Gasteiger partial charge on any atom is 0.337 e. The molecule has 2 aliphatic heterocycles. The largest absolute Gasteiger partial charge is 0.463 e. The van der Waals surface area contributed by atoms with Crippen LogP contribution in [0.15, 0.2) is 20.8 Å². The van der Waals surface area contributed by atoms with Crippen molar-refractivity contribution < 1.29 is 33.3 Å². The van der Waals surface area contributed by atoms with E-state index in [9.17, 15) is 24.0 Å². The normalized spacial score (nSPS) is 25.0. The van der Waals surface area contributed by atoms with E-state index >= 15 is 0 Å². The predicted octanol–water partition coefficient (Wildman–Crippen LogP) is -0.116. The summed E-state index contributed by atoms with van der Waals surface area (Å²) in [5, 5.41) is 3.03. The van der Waals surface area contributed by atoms with E-state index in [0.29, 0.717) is 5.39 Å². The van der Waals surface area contributed by atoms with Crippen LogP contribution in [0.2, 0.25) is 0 Å². The summed E-state index contributed by atoms with van der Waals surface area (Å²) in [6, 6.07) is 0. The zero-order valence-electron chi connectivity index (χ0n) is 18.6. The van der Waals surface area contributed by atoms with E-state index < -0.39 is 53.1 Å². The van der Waals surface area contributed by atoms with Crippen LogP contribution in [0.1, 0.15) is 33.9 Å². The lowest BCUT2D eigenvalue weighted by Gasteiger charge is -2.34. The van der Waals surface area contributed by atoms with Gasteiger partial charge in [-0.05, 0) is 6.92 Å². The molecular formula is C20H21N5O9. The number of H-pyrrole nitrogens is 1. The van der Waals surface area contributed by atoms with Gasteiger partial charge in [0.25, 0.3) is 0 Å². The topological polar surface area (TPSA) is 180 Å². The number of aliphatic imine (C=N–C) groups is 1. The second kappa shape index (κ2) is 8.37. The van der Waals surface area contributed by atoms with Crippen LogP contribution in [0.25, 0.3) is 10.9 Å². The minimum absolute atomic E-state index is 0.0854. The highest BCUT2D eigenvalue weighted by Gasteiger charge is 2.60. The van der Waals surface area contributed by atoms with Gasteiger partial charge in [0, 0.05) is 27.0 Å². The quantitative estimate of drug-likeness (QED) is 0.334. The van der Waals surface area contributed by atoms with E-state index in [1.807, 2.05) is 0 Å². The van der Waals surface area contributed by atoms with Gasteiger partial charge in [0.2, 0.25) is 0 Å². The number of rotatable bonds is 5. The molecule has 1 saturated heterocycles. The molecule has 0 aromatic carbocycles. The third-order valence-corrected chi connectivity index (χ3v) is 5.34. The summed E-state index contributed by atoms with van der Waals surface area (Å²) in [5.74, 6) is -1.64. The number of hydrogen-bond acceptors (Lipinski definition) is 12. The summed E-state index contributed by atoms with van der Waals surface area (Å²) in [7, 11) is 0. The summed E-state index contributed by atoms with van der Waals surface area (Å²) in [5.41, 5.74) is -3.35. The lowest BCUT2D eigenvalue weighted by atomic mass is 9.95. The number of carbonyl (C=O) groups excluding carboxylic acids is 3. The van der Waals surface area contributed by atoms with Gasteiger partial charge < -0.3 is 29.2 Å². The zero-order chi connectivity index (χ0) is 24.8. The number of aromatic amines is 1. The van der Waals surface area contributed by atoms with Gasteiger partial charge in [0.15, 0.2) is 17.9 Å². The van der Waals surface area contributed by atoms with Crippen molar-refractivity contribution >= 4 is 46.8 Å². The highest BCUT2D eigenvalue weighted by Crippen LogP contribution is 2.47. The van der Waals surface area contributed by atoms with Gasteiger partial charge in [-0.2, -0.15) is 4.98 Å². The summed E-state index contributed by atoms with van der Waals surface area (Å²) < 4.78 is 23.7. The van der Waals surface area contributed by atoms with E-state index in [2.05, 4.69) is 20.3 Å². The van der Waals surface area contributed by atoms with Crippen molar-refractivity contribution in [1.29, 1.82) is 0 Å². The molecule has 4 atom stereocenters. The lowest BCUT2D eigenvalue weighted by molar-refractivity contribution is -0.184. The first-order valence-corrected chi connectivity index (χ1v) is 10.1. The molecule has 0 spiro atoms. The maximum absolute atomic E-state index is 12.1. The molecule has 2 aliphatic rings. The predicted molar refractivity (Wildman–Crippen MR) is 115 cm³/mol. The molecule has 2 N–H and O–H groups in total. The van der Waals surface area contributed by atoms with Gasteiger partial charge in [-0.25, -0.2) is 4.99 Å². The Kier molecular flexibility index (Phi) is 5.69. The van der Waals surface area contributed by atoms with Crippen molar-refractivity contribution in [2.75, 3.05) is 11.9 Å². The smallest absolute Gasteiger partial charge is 0.337 e. The van der Waals surface area contributed by atoms with Crippen molar-refractivity contribution in [2.24, 2.45) is 4.99 Å². The maximum atomic E-state index is 12.1. The molecule has 2 aromatic rings. The van der Waals surface area contributed by atoms with E-state index in [0.717, 1.165) is 0 Å². The molecule has 180 valence electrons. The van der Waals surface area contributed by atoms with Crippen molar-refractivity contribution in [1.82, 2.24) is 14.5 Å². The van der Waals surface area contributed by atoms with Crippen LogP contribution < -0.4 is 16.4 Å². The summed E-state index contributed by atoms with van der Waals surface area (Å²) in [6.45, 7) is 4.77. The van der Waals surface area contributed by atoms with E-state index in [1.165, 1.54) is 44.8 Å². The molecule has 14 heteroatoms. The molecule has 4 heterocycles. The number of nitrogens with one attached hydrogen (secondary N) is 2. The van der Waals surface area contributed by atoms with E-state index in [4.69, 9.17) is 18.9 Å². The highest BCUT2D eigenvalue weighted by atomic mass is 16.7. The molecule has 0 bridgehead atoms. The lowest BCUT2D eigenvalue weighted by Crippen LogP contribution is -2.50. The number of esters is 3. The second-order valence-corrected chi connectivity index (χ2v) is 7.91. The molecule has 0 radical (unpaired) electrons. The van der Waals surface area contributed by atoms with Gasteiger partial charge in [0.1, 0.15) is 24.3 Å². The van der Waals surface area contributed by atoms with Crippen molar-refractivity contribution in [3.8, 4) is 0 Å². The van der Waals surface area contributed by atoms with Crippen LogP contribution in [0, 0.1) is 0 Å². The molecule has 0 aliphatic carbocycles. The minimum Gasteiger partial charge on any atom is -0.463 e. The fraction of sp³-hybridized carbons (Fsp3) is 0.450. The van der Waals surface area contributed by atoms with Crippen LogP contribution in [0.3, 0.4) is 0 Å². The van der Waals surface area contributed by atoms with Gasteiger partial charge in [-0.3, -0.25) is 28.5 Å². The van der Waals surface area contributed by atoms with Crippen LogP contribution in [0.4, 0.5) is 11.6 Å². The van der Waals surface area contributed by atoms with Crippen molar-refractivity contribution in [3.63, 3.8) is 0 Å². The second-order valence-electron chi connectivity index (χ2n) is 7.91. The van der Waals surface area contributed by atoms with Crippen molar-refractivity contribution in [2.45, 2.75) is 51.7 Å². The van der Waals surface area contributed by atoms with E-state index in [1.54, 1.807) is 0 Å². The number of nitrogens with zero attached hydrogens (tertiary/aromatic N) is 3. The summed E-state index contributed by atoms with van der Waals surface area (Å²) >= 11 is 0. The third kappa shape index (κ3) is 3.91. The number of carbonyl (C=O) groups is 3. The molecule has 0 amide bonds. The highest BCUT2D eigenvalue weighted by molar-refractivity contribution is 6.04. The Morgan fingerprint density at radius 2 is 1.91 bits per heavy atom. The number of anilines is 1. The molecule has 2 aromatic heterocycles. The molecule has 1 fully saturated rings. The first-order chi connectivity index (χ1) is 16.0. The fourth-order valence-electron chi connectivity index (χ4n) is 4.13. The number of hydrogen-bond donors (Lipinski definition) is 2. The van der Waals surface area contributed by atoms with Crippen LogP contribution in [-0.4, -0.2) is 63.2 Å². The van der Waals surface area contributed by atoms with Crippen molar-refractivity contribution in [3.05, 3.63) is 26.9 Å². The Labute approximate surface area is 190 Å². The standard InChI is InChI=1S/C20H21N5O9/c1-8(26)31-6-12-14(32-9(2)27)20(4,34-10(3)28)19(33-12)25-5-11-13-15(21-7-22-16(13)25)24-18(30)17(29)23-11/h5,7,12,14,19H,6H2,1-4H3,(H,23,29)(H,21,22,24,30)/t12-,14-,19-,20-/m1/s1.